The summed E-state index contributed by atoms with van der Waals surface area (Å²) in [4.78, 5) is 8.79. The van der Waals surface area contributed by atoms with E-state index in [2.05, 4.69) is 15.1 Å². The van der Waals surface area contributed by atoms with Gasteiger partial charge in [-0.25, -0.2) is 14.4 Å². The minimum Gasteiger partial charge on any atom is -0.405 e. The maximum Gasteiger partial charge on any atom is 0.174 e. The van der Waals surface area contributed by atoms with Crippen molar-refractivity contribution < 1.29 is 8.91 Å². The van der Waals surface area contributed by atoms with Crippen LogP contribution in [0.3, 0.4) is 0 Å². The van der Waals surface area contributed by atoms with Gasteiger partial charge in [0.15, 0.2) is 11.6 Å². The van der Waals surface area contributed by atoms with Gasteiger partial charge in [-0.1, -0.05) is 17.3 Å². The molecule has 2 aromatic heterocycles. The fraction of sp³-hybridized carbons (Fsp3) is 0. The molecule has 132 valence electrons. The lowest BCUT2D eigenvalue weighted by molar-refractivity contribution is 0.441. The van der Waals surface area contributed by atoms with E-state index in [1.54, 1.807) is 24.4 Å². The van der Waals surface area contributed by atoms with Crippen LogP contribution in [0.2, 0.25) is 0 Å². The molecule has 0 aliphatic rings. The molecular weight excluding hydrogens is 343 g/mol. The molecular formula is C21H15FN4O. The summed E-state index contributed by atoms with van der Waals surface area (Å²) >= 11 is 0. The third-order valence-electron chi connectivity index (χ3n) is 4.02. The molecule has 0 aliphatic carbocycles. The maximum atomic E-state index is 13.2. The first-order valence-electron chi connectivity index (χ1n) is 8.28. The minimum absolute atomic E-state index is 0.305. The van der Waals surface area contributed by atoms with Crippen molar-refractivity contribution >= 4 is 22.4 Å². The molecule has 0 unspecified atom stereocenters. The van der Waals surface area contributed by atoms with E-state index in [1.807, 2.05) is 36.4 Å². The van der Waals surface area contributed by atoms with Gasteiger partial charge in [0.05, 0.1) is 11.1 Å². The third kappa shape index (κ3) is 3.46. The van der Waals surface area contributed by atoms with Gasteiger partial charge >= 0.3 is 0 Å². The third-order valence-corrected chi connectivity index (χ3v) is 4.02. The molecule has 6 heteroatoms. The minimum atomic E-state index is -0.305. The van der Waals surface area contributed by atoms with Crippen LogP contribution in [0.15, 0.2) is 88.7 Å². The van der Waals surface area contributed by atoms with E-state index in [0.29, 0.717) is 22.8 Å². The molecule has 4 aromatic rings. The van der Waals surface area contributed by atoms with Crippen LogP contribution in [-0.2, 0) is 0 Å². The highest BCUT2D eigenvalue weighted by Crippen LogP contribution is 2.30. The Labute approximate surface area is 154 Å². The fourth-order valence-electron chi connectivity index (χ4n) is 2.74. The molecule has 0 spiro atoms. The summed E-state index contributed by atoms with van der Waals surface area (Å²) in [5.41, 5.74) is 8.54. The molecule has 0 amide bonds. The predicted octanol–water partition coefficient (Wildman–Crippen LogP) is 4.62. The van der Waals surface area contributed by atoms with E-state index in [-0.39, 0.29) is 5.82 Å². The Morgan fingerprint density at radius 2 is 1.93 bits per heavy atom. The van der Waals surface area contributed by atoms with Crippen molar-refractivity contribution in [3.63, 3.8) is 0 Å². The fourth-order valence-corrected chi connectivity index (χ4v) is 2.74. The van der Waals surface area contributed by atoms with Gasteiger partial charge in [-0.05, 0) is 60.8 Å². The first-order chi connectivity index (χ1) is 13.2. The van der Waals surface area contributed by atoms with Gasteiger partial charge in [0.25, 0.3) is 0 Å². The standard InChI is InChI=1S/C21H15FN4O/c22-16-7-4-14(5-8-16)21-17-13-15(6-9-19(17)26-27-21)18(10-11-23)25-20-3-1-2-12-24-20/h1-13H,23H2. The van der Waals surface area contributed by atoms with Crippen molar-refractivity contribution in [1.82, 2.24) is 10.1 Å². The first kappa shape index (κ1) is 16.7. The van der Waals surface area contributed by atoms with Crippen molar-refractivity contribution in [3.05, 3.63) is 90.5 Å². The molecule has 0 saturated carbocycles. The number of halogens is 1. The van der Waals surface area contributed by atoms with Crippen LogP contribution in [0.1, 0.15) is 5.56 Å². The van der Waals surface area contributed by atoms with Crippen LogP contribution >= 0.6 is 0 Å². The molecule has 2 heterocycles. The molecule has 4 rings (SSSR count). The van der Waals surface area contributed by atoms with Gasteiger partial charge in [-0.2, -0.15) is 0 Å². The normalized spacial score (nSPS) is 12.1. The van der Waals surface area contributed by atoms with Gasteiger partial charge < -0.3 is 10.3 Å². The summed E-state index contributed by atoms with van der Waals surface area (Å²) in [6.45, 7) is 0. The highest BCUT2D eigenvalue weighted by atomic mass is 19.1. The van der Waals surface area contributed by atoms with Crippen LogP contribution in [0.4, 0.5) is 10.2 Å². The van der Waals surface area contributed by atoms with Crippen LogP contribution in [0.25, 0.3) is 22.2 Å². The number of pyridine rings is 1. The van der Waals surface area contributed by atoms with Crippen LogP contribution in [-0.4, -0.2) is 15.9 Å². The lowest BCUT2D eigenvalue weighted by atomic mass is 10.0. The van der Waals surface area contributed by atoms with Crippen molar-refractivity contribution in [2.24, 2.45) is 10.7 Å². The molecule has 27 heavy (non-hydrogen) atoms. The molecule has 0 aliphatic heterocycles. The van der Waals surface area contributed by atoms with Gasteiger partial charge in [-0.3, -0.25) is 0 Å². The Bertz CT molecular complexity index is 1130. The van der Waals surface area contributed by atoms with Crippen molar-refractivity contribution in [3.8, 4) is 11.3 Å². The number of rotatable bonds is 4. The van der Waals surface area contributed by atoms with Crippen LogP contribution < -0.4 is 5.73 Å². The summed E-state index contributed by atoms with van der Waals surface area (Å²) in [7, 11) is 0. The molecule has 0 saturated heterocycles. The van der Waals surface area contributed by atoms with E-state index in [0.717, 1.165) is 16.5 Å². The summed E-state index contributed by atoms with van der Waals surface area (Å²) in [6.07, 6.45) is 4.82. The summed E-state index contributed by atoms with van der Waals surface area (Å²) in [6, 6.07) is 17.3. The number of hydrogen-bond donors (Lipinski definition) is 1. The largest absolute Gasteiger partial charge is 0.405 e. The van der Waals surface area contributed by atoms with Crippen LogP contribution in [0.5, 0.6) is 0 Å². The van der Waals surface area contributed by atoms with Crippen molar-refractivity contribution in [2.75, 3.05) is 0 Å². The quantitative estimate of drug-likeness (QED) is 0.540. The zero-order chi connectivity index (χ0) is 18.6. The second-order valence-electron chi connectivity index (χ2n) is 5.79. The van der Waals surface area contributed by atoms with E-state index in [9.17, 15) is 4.39 Å². The number of aliphatic imine (C=N–C) groups is 1. The van der Waals surface area contributed by atoms with E-state index < -0.39 is 0 Å². The number of nitrogens with zero attached hydrogens (tertiary/aromatic N) is 3. The molecule has 0 bridgehead atoms. The number of benzene rings is 2. The topological polar surface area (TPSA) is 77.3 Å². The lowest BCUT2D eigenvalue weighted by Gasteiger charge is -2.03. The average Bonchev–Trinajstić information content (AvgIpc) is 3.12. The van der Waals surface area contributed by atoms with Crippen molar-refractivity contribution in [2.45, 2.75) is 0 Å². The molecule has 0 atom stereocenters. The smallest absolute Gasteiger partial charge is 0.174 e. The Morgan fingerprint density at radius 1 is 1.07 bits per heavy atom. The highest BCUT2D eigenvalue weighted by Gasteiger charge is 2.13. The molecule has 2 N–H and O–H groups in total. The molecule has 0 radical (unpaired) electrons. The Hall–Kier alpha value is -3.80. The molecule has 5 nitrogen and oxygen atoms in total. The highest BCUT2D eigenvalue weighted by molar-refractivity contribution is 6.11. The van der Waals surface area contributed by atoms with E-state index in [1.165, 1.54) is 18.3 Å². The number of hydrogen-bond acceptors (Lipinski definition) is 5. The Balaban J connectivity index is 1.83. The lowest BCUT2D eigenvalue weighted by Crippen LogP contribution is -1.98. The number of nitrogens with two attached hydrogens (primary N) is 1. The number of allylic oxidation sites excluding steroid dienone is 1. The zero-order valence-corrected chi connectivity index (χ0v) is 14.2. The number of aromatic nitrogens is 2. The van der Waals surface area contributed by atoms with Gasteiger partial charge in [0.2, 0.25) is 0 Å². The van der Waals surface area contributed by atoms with Crippen LogP contribution in [0, 0.1) is 5.82 Å². The van der Waals surface area contributed by atoms with Crippen molar-refractivity contribution in [1.29, 1.82) is 0 Å². The molecule has 0 fully saturated rings. The zero-order valence-electron chi connectivity index (χ0n) is 14.2. The molecule has 2 aromatic carbocycles. The van der Waals surface area contributed by atoms with Gasteiger partial charge in [0.1, 0.15) is 11.3 Å². The van der Waals surface area contributed by atoms with Gasteiger partial charge in [-0.15, -0.1) is 0 Å². The number of fused-ring (bicyclic) bond motifs is 1. The maximum absolute atomic E-state index is 13.2. The summed E-state index contributed by atoms with van der Waals surface area (Å²) in [5, 5.41) is 4.89. The summed E-state index contributed by atoms with van der Waals surface area (Å²) in [5.74, 6) is 0.844. The first-order valence-corrected chi connectivity index (χ1v) is 8.28. The average molecular weight is 358 g/mol. The van der Waals surface area contributed by atoms with E-state index in [4.69, 9.17) is 10.3 Å². The second kappa shape index (κ2) is 7.21. The van der Waals surface area contributed by atoms with Gasteiger partial charge in [0, 0.05) is 17.3 Å². The summed E-state index contributed by atoms with van der Waals surface area (Å²) < 4.78 is 18.7. The SMILES string of the molecule is NC=CC(=Nc1ccccn1)c1ccc2noc(-c3ccc(F)cc3)c2c1. The predicted molar refractivity (Wildman–Crippen MR) is 103 cm³/mol. The van der Waals surface area contributed by atoms with E-state index >= 15 is 0 Å². The Morgan fingerprint density at radius 3 is 2.67 bits per heavy atom. The monoisotopic (exact) mass is 358 g/mol. The Kier molecular flexibility index (Phi) is 4.45. The second-order valence-corrected chi connectivity index (χ2v) is 5.79.